The standard InChI is InChI=1S/C13H18Cl3NO.C13H20ClNO3.Cl2OS/c1-17(8-7-14)12(9-18-2)13(16)10-3-5-11(15)6-4-10;1-15(7-8-16)13(12(17)9-18-2)10-3-5-11(14)6-4-10;1-4(2)3/h3-6,12-13H,7-9H2,1-2H3;3-6,12-13,16-17H,7-9H2,1-2H3;. The highest BCUT2D eigenvalue weighted by Gasteiger charge is 2.26. The second-order valence-electron chi connectivity index (χ2n) is 8.55. The van der Waals surface area contributed by atoms with Crippen LogP contribution in [0.1, 0.15) is 22.5 Å². The van der Waals surface area contributed by atoms with Gasteiger partial charge in [-0.05, 0) is 49.5 Å². The number of rotatable bonds is 14. The first-order valence-electron chi connectivity index (χ1n) is 12.1. The van der Waals surface area contributed by atoms with E-state index in [-0.39, 0.29) is 30.7 Å². The summed E-state index contributed by atoms with van der Waals surface area (Å²) in [5.74, 6) is 0.570. The van der Waals surface area contributed by atoms with Crippen LogP contribution >= 0.6 is 67.8 Å². The van der Waals surface area contributed by atoms with Crippen LogP contribution < -0.4 is 0 Å². The molecule has 40 heavy (non-hydrogen) atoms. The first-order valence-corrected chi connectivity index (χ1v) is 16.6. The van der Waals surface area contributed by atoms with Crippen molar-refractivity contribution in [2.75, 3.05) is 67.1 Å². The van der Waals surface area contributed by atoms with Gasteiger partial charge in [0.05, 0.1) is 43.4 Å². The van der Waals surface area contributed by atoms with Gasteiger partial charge in [-0.2, -0.15) is 0 Å². The molecule has 0 saturated carbocycles. The topological polar surface area (TPSA) is 82.5 Å². The third-order valence-corrected chi connectivity index (χ3v) is 6.92. The van der Waals surface area contributed by atoms with Crippen LogP contribution in [0.25, 0.3) is 0 Å². The van der Waals surface area contributed by atoms with Crippen LogP contribution in [0, 0.1) is 0 Å². The van der Waals surface area contributed by atoms with Gasteiger partial charge in [0.2, 0.25) is 9.23 Å². The molecule has 2 aromatic rings. The minimum atomic E-state index is -1.67. The molecule has 0 spiro atoms. The first kappa shape index (κ1) is 40.1. The Hall–Kier alpha value is 0.0900. The summed E-state index contributed by atoms with van der Waals surface area (Å²) in [6.45, 7) is 2.09. The van der Waals surface area contributed by atoms with Crippen molar-refractivity contribution < 1.29 is 23.9 Å². The molecular formula is C26H38Cl6N2O5S. The van der Waals surface area contributed by atoms with Crippen LogP contribution in [0.2, 0.25) is 10.0 Å². The molecule has 4 atom stereocenters. The van der Waals surface area contributed by atoms with Crippen LogP contribution in [0.4, 0.5) is 0 Å². The van der Waals surface area contributed by atoms with Crippen LogP contribution in [0.15, 0.2) is 48.5 Å². The van der Waals surface area contributed by atoms with Crippen molar-refractivity contribution in [3.05, 3.63) is 69.7 Å². The lowest BCUT2D eigenvalue weighted by molar-refractivity contribution is -0.000590. The number of likely N-dealkylation sites (N-methyl/N-ethyl adjacent to an activating group) is 2. The summed E-state index contributed by atoms with van der Waals surface area (Å²) in [6, 6.07) is 14.8. The van der Waals surface area contributed by atoms with Gasteiger partial charge >= 0.3 is 0 Å². The zero-order valence-electron chi connectivity index (χ0n) is 22.9. The van der Waals surface area contributed by atoms with Gasteiger partial charge in [-0.15, -0.1) is 23.2 Å². The monoisotopic (exact) mass is 700 g/mol. The van der Waals surface area contributed by atoms with Crippen LogP contribution in [0.5, 0.6) is 0 Å². The van der Waals surface area contributed by atoms with Crippen molar-refractivity contribution in [1.29, 1.82) is 0 Å². The molecule has 0 radical (unpaired) electrons. The van der Waals surface area contributed by atoms with E-state index in [1.807, 2.05) is 55.4 Å². The maximum atomic E-state index is 10.1. The van der Waals surface area contributed by atoms with Gasteiger partial charge < -0.3 is 19.7 Å². The number of ether oxygens (including phenoxy) is 2. The summed E-state index contributed by atoms with van der Waals surface area (Å²) in [6.07, 6.45) is -0.660. The lowest BCUT2D eigenvalue weighted by Crippen LogP contribution is -2.39. The molecule has 0 fully saturated rings. The smallest absolute Gasteiger partial charge is 0.211 e. The summed E-state index contributed by atoms with van der Waals surface area (Å²) in [5, 5.41) is 20.4. The number of alkyl halides is 2. The molecule has 2 rings (SSSR count). The molecule has 2 aromatic carbocycles. The molecule has 4 unspecified atom stereocenters. The van der Waals surface area contributed by atoms with Gasteiger partial charge in [-0.3, -0.25) is 9.80 Å². The number of nitrogens with zero attached hydrogens (tertiary/aromatic N) is 2. The van der Waals surface area contributed by atoms with Crippen LogP contribution in [-0.2, 0) is 18.7 Å². The Morgan fingerprint density at radius 1 is 0.850 bits per heavy atom. The Morgan fingerprint density at radius 3 is 1.70 bits per heavy atom. The SMILES string of the molecule is COCC(C(Cl)c1ccc(Cl)cc1)N(C)CCCl.COCC(O)C(c1ccc(Cl)cc1)N(C)CCO.O=S(Cl)Cl. The van der Waals surface area contributed by atoms with E-state index in [1.165, 1.54) is 0 Å². The number of methoxy groups -OCH3 is 2. The molecule has 14 heteroatoms. The highest BCUT2D eigenvalue weighted by atomic mass is 36.0. The maximum Gasteiger partial charge on any atom is 0.211 e. The first-order chi connectivity index (χ1) is 18.9. The molecule has 0 amide bonds. The summed E-state index contributed by atoms with van der Waals surface area (Å²) >= 11 is 24.0. The lowest BCUT2D eigenvalue weighted by atomic mass is 10.0. The molecule has 0 heterocycles. The Balaban J connectivity index is 0.000000671. The van der Waals surface area contributed by atoms with E-state index in [2.05, 4.69) is 26.3 Å². The summed E-state index contributed by atoms with van der Waals surface area (Å²) in [4.78, 5) is 4.01. The van der Waals surface area contributed by atoms with Crippen LogP contribution in [0.3, 0.4) is 0 Å². The molecule has 230 valence electrons. The van der Waals surface area contributed by atoms with Crippen molar-refractivity contribution in [3.63, 3.8) is 0 Å². The summed E-state index contributed by atoms with van der Waals surface area (Å²) in [7, 11) is 14.4. The van der Waals surface area contributed by atoms with Crippen LogP contribution in [-0.4, -0.2) is 103 Å². The van der Waals surface area contributed by atoms with Crippen molar-refractivity contribution in [2.24, 2.45) is 0 Å². The molecule has 2 N–H and O–H groups in total. The second kappa shape index (κ2) is 23.5. The average Bonchev–Trinajstić information content (AvgIpc) is 2.89. The minimum Gasteiger partial charge on any atom is -0.395 e. The molecule has 7 nitrogen and oxygen atoms in total. The summed E-state index contributed by atoms with van der Waals surface area (Å²) < 4.78 is 19.3. The molecule has 0 aromatic heterocycles. The van der Waals surface area contributed by atoms with Crippen molar-refractivity contribution in [1.82, 2.24) is 9.80 Å². The Bertz CT molecular complexity index is 917. The number of aliphatic hydroxyl groups is 2. The van der Waals surface area contributed by atoms with Gasteiger partial charge in [-0.25, -0.2) is 4.21 Å². The third-order valence-electron chi connectivity index (χ3n) is 5.71. The number of hydrogen-bond acceptors (Lipinski definition) is 7. The predicted octanol–water partition coefficient (Wildman–Crippen LogP) is 6.16. The normalized spacial score (nSPS) is 14.2. The van der Waals surface area contributed by atoms with E-state index in [4.69, 9.17) is 65.2 Å². The zero-order valence-corrected chi connectivity index (χ0v) is 28.2. The fourth-order valence-electron chi connectivity index (χ4n) is 3.76. The third kappa shape index (κ3) is 16.7. The molecular weight excluding hydrogens is 665 g/mol. The maximum absolute atomic E-state index is 10.1. The van der Waals surface area contributed by atoms with E-state index >= 15 is 0 Å². The van der Waals surface area contributed by atoms with E-state index < -0.39 is 15.3 Å². The number of halogens is 6. The molecule has 0 saturated heterocycles. The largest absolute Gasteiger partial charge is 0.395 e. The Labute approximate surface area is 269 Å². The molecule has 0 bridgehead atoms. The van der Waals surface area contributed by atoms with Crippen molar-refractivity contribution in [2.45, 2.75) is 23.6 Å². The summed E-state index contributed by atoms with van der Waals surface area (Å²) in [5.41, 5.74) is 1.98. The highest BCUT2D eigenvalue weighted by Crippen LogP contribution is 2.29. The predicted molar refractivity (Wildman–Crippen MR) is 171 cm³/mol. The quantitative estimate of drug-likeness (QED) is 0.180. The average molecular weight is 703 g/mol. The Kier molecular flexibility index (Phi) is 23.6. The van der Waals surface area contributed by atoms with Gasteiger partial charge in [0, 0.05) is 64.6 Å². The van der Waals surface area contributed by atoms with Crippen molar-refractivity contribution >= 4 is 77.0 Å². The fraction of sp³-hybridized carbons (Fsp3) is 0.538. The number of benzene rings is 2. The highest BCUT2D eigenvalue weighted by molar-refractivity contribution is 8.26. The van der Waals surface area contributed by atoms with E-state index in [1.54, 1.807) is 26.4 Å². The lowest BCUT2D eigenvalue weighted by Gasteiger charge is -2.31. The zero-order chi connectivity index (χ0) is 30.7. The van der Waals surface area contributed by atoms with E-state index in [0.29, 0.717) is 29.1 Å². The van der Waals surface area contributed by atoms with E-state index in [9.17, 15) is 5.11 Å². The minimum absolute atomic E-state index is 0.0420. The van der Waals surface area contributed by atoms with Crippen molar-refractivity contribution in [3.8, 4) is 0 Å². The van der Waals surface area contributed by atoms with Gasteiger partial charge in [0.1, 0.15) is 0 Å². The van der Waals surface area contributed by atoms with Gasteiger partial charge in [0.15, 0.2) is 0 Å². The Morgan fingerprint density at radius 2 is 1.30 bits per heavy atom. The van der Waals surface area contributed by atoms with Gasteiger partial charge in [0.25, 0.3) is 0 Å². The number of aliphatic hydroxyl groups excluding tert-OH is 2. The molecule has 0 aliphatic rings. The molecule has 0 aliphatic carbocycles. The molecule has 0 aliphatic heterocycles. The van der Waals surface area contributed by atoms with Gasteiger partial charge in [-0.1, -0.05) is 47.5 Å². The fourth-order valence-corrected chi connectivity index (χ4v) is 4.69. The number of hydrogen-bond donors (Lipinski definition) is 2. The second-order valence-corrected chi connectivity index (χ2v) is 12.8. The van der Waals surface area contributed by atoms with E-state index in [0.717, 1.165) is 17.7 Å².